The van der Waals surface area contributed by atoms with Gasteiger partial charge in [0.05, 0.1) is 9.47 Å². The van der Waals surface area contributed by atoms with E-state index in [1.807, 2.05) is 24.3 Å². The average molecular weight is 410 g/mol. The minimum absolute atomic E-state index is 0. The molecule has 0 aliphatic carbocycles. The molecule has 0 saturated carbocycles. The summed E-state index contributed by atoms with van der Waals surface area (Å²) in [5, 5.41) is 0. The van der Waals surface area contributed by atoms with Crippen LogP contribution < -0.4 is 9.26 Å². The Labute approximate surface area is 110 Å². The molecule has 0 saturated heterocycles. The van der Waals surface area contributed by atoms with Gasteiger partial charge in [-0.15, -0.1) is 12.1 Å². The number of hydrogen-bond acceptors (Lipinski definition) is 3. The van der Waals surface area contributed by atoms with Gasteiger partial charge < -0.3 is 9.26 Å². The predicted molar refractivity (Wildman–Crippen MR) is 59.9 cm³/mol. The van der Waals surface area contributed by atoms with Gasteiger partial charge in [0.2, 0.25) is 11.8 Å². The van der Waals surface area contributed by atoms with Crippen LogP contribution in [-0.4, -0.2) is 4.98 Å². The number of pyridine rings is 1. The summed E-state index contributed by atoms with van der Waals surface area (Å²) in [6, 6.07) is 15.6. The van der Waals surface area contributed by atoms with Crippen LogP contribution in [-0.2, 0) is 20.1 Å². The minimum atomic E-state index is 0. The van der Waals surface area contributed by atoms with Gasteiger partial charge in [-0.05, 0) is 0 Å². The van der Waals surface area contributed by atoms with Crippen LogP contribution in [0.2, 0.25) is 0 Å². The van der Waals surface area contributed by atoms with Crippen LogP contribution in [0, 0.1) is 6.07 Å². The molecular formula is C11H9IrNO2P-. The second kappa shape index (κ2) is 6.59. The molecule has 1 atom stereocenters. The molecule has 1 radical (unpaired) electrons. The van der Waals surface area contributed by atoms with Crippen molar-refractivity contribution in [2.75, 3.05) is 0 Å². The third-order valence-electron chi connectivity index (χ3n) is 1.71. The third-order valence-corrected chi connectivity index (χ3v) is 1.96. The van der Waals surface area contributed by atoms with Gasteiger partial charge >= 0.3 is 0 Å². The Morgan fingerprint density at radius 1 is 1.06 bits per heavy atom. The second-order valence-electron chi connectivity index (χ2n) is 2.76. The van der Waals surface area contributed by atoms with Gasteiger partial charge in [0, 0.05) is 38.0 Å². The Balaban J connectivity index is 0.00000128. The van der Waals surface area contributed by atoms with Crippen LogP contribution in [0.15, 0.2) is 42.5 Å². The van der Waals surface area contributed by atoms with E-state index in [1.165, 1.54) is 0 Å². The first kappa shape index (κ1) is 13.1. The van der Waals surface area contributed by atoms with Crippen LogP contribution in [0.4, 0.5) is 0 Å². The Morgan fingerprint density at radius 3 is 2.56 bits per heavy atom. The van der Waals surface area contributed by atoms with Crippen molar-refractivity contribution < 1.29 is 29.4 Å². The molecule has 85 valence electrons. The summed E-state index contributed by atoms with van der Waals surface area (Å²) in [5.74, 6) is 1.61. The van der Waals surface area contributed by atoms with Crippen molar-refractivity contribution in [3.63, 3.8) is 0 Å². The molecule has 0 aliphatic rings. The van der Waals surface area contributed by atoms with Gasteiger partial charge in [-0.3, -0.25) is 0 Å². The first-order valence-electron chi connectivity index (χ1n) is 4.37. The molecule has 1 heterocycles. The summed E-state index contributed by atoms with van der Waals surface area (Å²) in [4.78, 5) is 4.10. The SMILES string of the molecule is POc1cccc(Oc2[c-]cccc2)n1.[Ir]. The van der Waals surface area contributed by atoms with Crippen LogP contribution in [0.5, 0.6) is 17.5 Å². The molecule has 1 aromatic heterocycles. The standard InChI is InChI=1S/C11H9NO2P.Ir/c15-14-11-8-4-7-10(12-11)13-9-5-2-1-3-6-9;/h1-5,7-8H,15H2;/q-1;. The van der Waals surface area contributed by atoms with Gasteiger partial charge in [0.1, 0.15) is 0 Å². The van der Waals surface area contributed by atoms with Crippen molar-refractivity contribution in [1.29, 1.82) is 0 Å². The predicted octanol–water partition coefficient (Wildman–Crippen LogP) is 2.84. The first-order chi connectivity index (χ1) is 7.38. The van der Waals surface area contributed by atoms with E-state index in [1.54, 1.807) is 18.2 Å². The largest absolute Gasteiger partial charge is 0.466 e. The number of para-hydroxylation sites is 1. The number of aromatic nitrogens is 1. The molecule has 5 heteroatoms. The molecule has 16 heavy (non-hydrogen) atoms. The molecule has 1 aromatic carbocycles. The topological polar surface area (TPSA) is 31.4 Å². The molecule has 0 aliphatic heterocycles. The molecule has 0 amide bonds. The number of hydrogen-bond donors (Lipinski definition) is 0. The zero-order valence-electron chi connectivity index (χ0n) is 8.22. The summed E-state index contributed by atoms with van der Waals surface area (Å²) >= 11 is 0. The Kier molecular flexibility index (Phi) is 5.40. The molecule has 3 nitrogen and oxygen atoms in total. The summed E-state index contributed by atoms with van der Waals surface area (Å²) < 4.78 is 10.4. The maximum atomic E-state index is 5.46. The van der Waals surface area contributed by atoms with Crippen molar-refractivity contribution in [2.45, 2.75) is 0 Å². The van der Waals surface area contributed by atoms with Crippen molar-refractivity contribution >= 4 is 9.47 Å². The first-order valence-corrected chi connectivity index (χ1v) is 4.84. The molecular weight excluding hydrogens is 401 g/mol. The van der Waals surface area contributed by atoms with E-state index < -0.39 is 0 Å². The van der Waals surface area contributed by atoms with Crippen LogP contribution in [0.25, 0.3) is 0 Å². The number of rotatable bonds is 3. The molecule has 0 N–H and O–H groups in total. The molecule has 0 bridgehead atoms. The van der Waals surface area contributed by atoms with Gasteiger partial charge in [-0.2, -0.15) is 23.2 Å². The van der Waals surface area contributed by atoms with Crippen molar-refractivity contribution in [3.05, 3.63) is 48.5 Å². The average Bonchev–Trinajstić information content (AvgIpc) is 2.31. The van der Waals surface area contributed by atoms with E-state index in [0.29, 0.717) is 17.5 Å². The summed E-state index contributed by atoms with van der Waals surface area (Å²) in [7, 11) is 2.14. The van der Waals surface area contributed by atoms with Gasteiger partial charge in [-0.25, -0.2) is 0 Å². The van der Waals surface area contributed by atoms with Gasteiger partial charge in [0.15, 0.2) is 0 Å². The summed E-state index contributed by atoms with van der Waals surface area (Å²) in [6.07, 6.45) is 0. The normalized spacial score (nSPS) is 9.06. The maximum absolute atomic E-state index is 5.46. The number of ether oxygens (including phenoxy) is 1. The van der Waals surface area contributed by atoms with Crippen LogP contribution in [0.1, 0.15) is 0 Å². The summed E-state index contributed by atoms with van der Waals surface area (Å²) in [5.41, 5.74) is 0. The zero-order chi connectivity index (χ0) is 10.5. The smallest absolute Gasteiger partial charge is 0.219 e. The van der Waals surface area contributed by atoms with Gasteiger partial charge in [-0.1, -0.05) is 6.07 Å². The fourth-order valence-corrected chi connectivity index (χ4v) is 1.20. The van der Waals surface area contributed by atoms with Crippen molar-refractivity contribution in [2.24, 2.45) is 0 Å². The Morgan fingerprint density at radius 2 is 1.88 bits per heavy atom. The molecule has 1 unspecified atom stereocenters. The van der Waals surface area contributed by atoms with E-state index >= 15 is 0 Å². The Bertz CT molecular complexity index is 439. The fraction of sp³-hybridized carbons (Fsp3) is 0. The van der Waals surface area contributed by atoms with E-state index in [9.17, 15) is 0 Å². The van der Waals surface area contributed by atoms with Crippen molar-refractivity contribution in [1.82, 2.24) is 4.98 Å². The van der Waals surface area contributed by atoms with Crippen LogP contribution >= 0.6 is 9.47 Å². The van der Waals surface area contributed by atoms with E-state index in [-0.39, 0.29) is 20.1 Å². The minimum Gasteiger partial charge on any atom is -0.466 e. The second-order valence-corrected chi connectivity index (χ2v) is 3.00. The molecule has 0 fully saturated rings. The quantitative estimate of drug-likeness (QED) is 0.576. The van der Waals surface area contributed by atoms with Crippen molar-refractivity contribution in [3.8, 4) is 17.5 Å². The molecule has 2 rings (SSSR count). The van der Waals surface area contributed by atoms with E-state index in [0.717, 1.165) is 0 Å². The monoisotopic (exact) mass is 411 g/mol. The molecule has 0 spiro atoms. The van der Waals surface area contributed by atoms with Gasteiger partial charge in [0.25, 0.3) is 0 Å². The summed E-state index contributed by atoms with van der Waals surface area (Å²) in [6.45, 7) is 0. The zero-order valence-corrected chi connectivity index (χ0v) is 11.8. The van der Waals surface area contributed by atoms with E-state index in [4.69, 9.17) is 9.26 Å². The number of nitrogens with zero attached hydrogens (tertiary/aromatic N) is 1. The van der Waals surface area contributed by atoms with E-state index in [2.05, 4.69) is 20.5 Å². The molecule has 2 aromatic rings. The Hall–Kier alpha value is -0.951. The number of benzene rings is 1. The fourth-order valence-electron chi connectivity index (χ4n) is 1.07. The third kappa shape index (κ3) is 3.57. The van der Waals surface area contributed by atoms with Crippen LogP contribution in [0.3, 0.4) is 0 Å². The maximum Gasteiger partial charge on any atom is 0.219 e.